The van der Waals surface area contributed by atoms with Gasteiger partial charge in [0.2, 0.25) is 6.79 Å². The average Bonchev–Trinajstić information content (AvgIpc) is 2.10. The van der Waals surface area contributed by atoms with E-state index in [4.69, 9.17) is 0 Å². The van der Waals surface area contributed by atoms with Gasteiger partial charge in [-0.3, -0.25) is 9.59 Å². The average molecular weight is 186 g/mol. The number of cyclic esters (lactones) is 2. The van der Waals surface area contributed by atoms with Crippen LogP contribution in [0, 0.1) is 5.92 Å². The van der Waals surface area contributed by atoms with E-state index in [-0.39, 0.29) is 6.79 Å². The van der Waals surface area contributed by atoms with Crippen LogP contribution in [-0.4, -0.2) is 18.7 Å². The number of hydrogen-bond donors (Lipinski definition) is 0. The SMILES string of the molecule is CCCCCC1C(=O)OCOC1=O. The van der Waals surface area contributed by atoms with Gasteiger partial charge in [0.1, 0.15) is 0 Å². The molecule has 1 rings (SSSR count). The van der Waals surface area contributed by atoms with Gasteiger partial charge >= 0.3 is 11.9 Å². The summed E-state index contributed by atoms with van der Waals surface area (Å²) >= 11 is 0. The quantitative estimate of drug-likeness (QED) is 0.376. The molecule has 4 heteroatoms. The molecule has 0 amide bonds. The van der Waals surface area contributed by atoms with Crippen molar-refractivity contribution in [1.29, 1.82) is 0 Å². The van der Waals surface area contributed by atoms with Crippen LogP contribution in [0.3, 0.4) is 0 Å². The highest BCUT2D eigenvalue weighted by molar-refractivity contribution is 5.95. The summed E-state index contributed by atoms with van der Waals surface area (Å²) in [5, 5.41) is 0. The molecule has 13 heavy (non-hydrogen) atoms. The maximum absolute atomic E-state index is 11.1. The maximum Gasteiger partial charge on any atom is 0.323 e. The van der Waals surface area contributed by atoms with Crippen molar-refractivity contribution in [3.05, 3.63) is 0 Å². The monoisotopic (exact) mass is 186 g/mol. The first kappa shape index (κ1) is 10.0. The van der Waals surface area contributed by atoms with Gasteiger partial charge in [0.05, 0.1) is 0 Å². The number of unbranched alkanes of at least 4 members (excludes halogenated alkanes) is 2. The number of hydrogen-bond acceptors (Lipinski definition) is 4. The van der Waals surface area contributed by atoms with Crippen LogP contribution in [0.25, 0.3) is 0 Å². The molecule has 0 N–H and O–H groups in total. The normalized spacial score (nSPS) is 18.2. The summed E-state index contributed by atoms with van der Waals surface area (Å²) in [6.45, 7) is 1.85. The van der Waals surface area contributed by atoms with Crippen molar-refractivity contribution >= 4 is 11.9 Å². The molecule has 0 bridgehead atoms. The van der Waals surface area contributed by atoms with Crippen LogP contribution in [0.5, 0.6) is 0 Å². The van der Waals surface area contributed by atoms with Crippen molar-refractivity contribution in [2.45, 2.75) is 32.6 Å². The third-order valence-corrected chi connectivity index (χ3v) is 2.07. The topological polar surface area (TPSA) is 52.6 Å². The third-order valence-electron chi connectivity index (χ3n) is 2.07. The summed E-state index contributed by atoms with van der Waals surface area (Å²) in [6.07, 6.45) is 3.50. The Morgan fingerprint density at radius 3 is 2.38 bits per heavy atom. The molecule has 0 spiro atoms. The van der Waals surface area contributed by atoms with Gasteiger partial charge in [0, 0.05) is 0 Å². The summed E-state index contributed by atoms with van der Waals surface area (Å²) in [5.74, 6) is -1.56. The minimum atomic E-state index is -0.680. The standard InChI is InChI=1S/C9H14O4/c1-2-3-4-5-7-8(10)12-6-13-9(7)11/h7H,2-6H2,1H3. The summed E-state index contributed by atoms with van der Waals surface area (Å²) < 4.78 is 9.22. The second-order valence-electron chi connectivity index (χ2n) is 3.09. The number of rotatable bonds is 4. The van der Waals surface area contributed by atoms with Gasteiger partial charge in [-0.05, 0) is 6.42 Å². The van der Waals surface area contributed by atoms with Gasteiger partial charge in [-0.15, -0.1) is 0 Å². The van der Waals surface area contributed by atoms with Crippen molar-refractivity contribution in [1.82, 2.24) is 0 Å². The zero-order valence-corrected chi connectivity index (χ0v) is 7.75. The smallest absolute Gasteiger partial charge is 0.323 e. The molecule has 74 valence electrons. The zero-order valence-electron chi connectivity index (χ0n) is 7.75. The highest BCUT2D eigenvalue weighted by Crippen LogP contribution is 2.16. The predicted octanol–water partition coefficient (Wildman–Crippen LogP) is 1.24. The minimum absolute atomic E-state index is 0.220. The Hall–Kier alpha value is -1.06. The fourth-order valence-corrected chi connectivity index (χ4v) is 1.28. The molecule has 0 radical (unpaired) electrons. The Morgan fingerprint density at radius 1 is 1.23 bits per heavy atom. The first-order valence-corrected chi connectivity index (χ1v) is 4.59. The van der Waals surface area contributed by atoms with Crippen LogP contribution in [0.15, 0.2) is 0 Å². The van der Waals surface area contributed by atoms with E-state index >= 15 is 0 Å². The molecule has 0 aromatic heterocycles. The first-order valence-electron chi connectivity index (χ1n) is 4.59. The van der Waals surface area contributed by atoms with E-state index in [0.717, 1.165) is 19.3 Å². The Balaban J connectivity index is 2.35. The van der Waals surface area contributed by atoms with E-state index in [1.54, 1.807) is 0 Å². The molecule has 0 aromatic carbocycles. The zero-order chi connectivity index (χ0) is 9.68. The van der Waals surface area contributed by atoms with Gasteiger partial charge in [0.15, 0.2) is 5.92 Å². The summed E-state index contributed by atoms with van der Waals surface area (Å²) in [4.78, 5) is 22.2. The molecule has 1 heterocycles. The molecule has 0 aromatic rings. The largest absolute Gasteiger partial charge is 0.427 e. The molecule has 1 aliphatic rings. The van der Waals surface area contributed by atoms with Crippen molar-refractivity contribution in [2.75, 3.05) is 6.79 Å². The Bertz CT molecular complexity index is 184. The van der Waals surface area contributed by atoms with E-state index in [1.807, 2.05) is 0 Å². The van der Waals surface area contributed by atoms with Gasteiger partial charge in [-0.2, -0.15) is 0 Å². The second kappa shape index (κ2) is 4.84. The summed E-state index contributed by atoms with van der Waals surface area (Å²) in [7, 11) is 0. The van der Waals surface area contributed by atoms with Crippen LogP contribution in [0.4, 0.5) is 0 Å². The third kappa shape index (κ3) is 2.72. The fourth-order valence-electron chi connectivity index (χ4n) is 1.28. The molecule has 0 aliphatic carbocycles. The highest BCUT2D eigenvalue weighted by Gasteiger charge is 2.32. The molecule has 0 saturated carbocycles. The van der Waals surface area contributed by atoms with Crippen LogP contribution in [0.1, 0.15) is 32.6 Å². The number of ether oxygens (including phenoxy) is 2. The lowest BCUT2D eigenvalue weighted by molar-refractivity contribution is -0.190. The van der Waals surface area contributed by atoms with E-state index in [0.29, 0.717) is 6.42 Å². The molecule has 0 atom stereocenters. The molecule has 1 aliphatic heterocycles. The van der Waals surface area contributed by atoms with E-state index in [1.165, 1.54) is 0 Å². The Morgan fingerprint density at radius 2 is 1.85 bits per heavy atom. The second-order valence-corrected chi connectivity index (χ2v) is 3.09. The van der Waals surface area contributed by atoms with Gasteiger partial charge < -0.3 is 9.47 Å². The van der Waals surface area contributed by atoms with Crippen LogP contribution < -0.4 is 0 Å². The van der Waals surface area contributed by atoms with Gasteiger partial charge in [-0.25, -0.2) is 0 Å². The lowest BCUT2D eigenvalue weighted by Crippen LogP contribution is -2.34. The molecular formula is C9H14O4. The molecule has 4 nitrogen and oxygen atoms in total. The van der Waals surface area contributed by atoms with E-state index in [2.05, 4.69) is 16.4 Å². The van der Waals surface area contributed by atoms with Crippen molar-refractivity contribution in [3.8, 4) is 0 Å². The number of carbonyl (C=O) groups is 2. The molecule has 1 fully saturated rings. The Kier molecular flexibility index (Phi) is 3.73. The number of carbonyl (C=O) groups excluding carboxylic acids is 2. The first-order chi connectivity index (χ1) is 6.25. The van der Waals surface area contributed by atoms with Gasteiger partial charge in [-0.1, -0.05) is 26.2 Å². The lowest BCUT2D eigenvalue weighted by atomic mass is 10.0. The summed E-state index contributed by atoms with van der Waals surface area (Å²) in [5.41, 5.74) is 0. The predicted molar refractivity (Wildman–Crippen MR) is 44.7 cm³/mol. The van der Waals surface area contributed by atoms with E-state index < -0.39 is 17.9 Å². The van der Waals surface area contributed by atoms with Crippen molar-refractivity contribution in [2.24, 2.45) is 5.92 Å². The fraction of sp³-hybridized carbons (Fsp3) is 0.778. The Labute approximate surface area is 77.2 Å². The highest BCUT2D eigenvalue weighted by atomic mass is 16.7. The van der Waals surface area contributed by atoms with Crippen LogP contribution in [-0.2, 0) is 19.1 Å². The lowest BCUT2D eigenvalue weighted by Gasteiger charge is -2.19. The number of esters is 2. The minimum Gasteiger partial charge on any atom is -0.427 e. The van der Waals surface area contributed by atoms with E-state index in [9.17, 15) is 9.59 Å². The van der Waals surface area contributed by atoms with Crippen molar-refractivity contribution in [3.63, 3.8) is 0 Å². The van der Waals surface area contributed by atoms with Gasteiger partial charge in [0.25, 0.3) is 0 Å². The van der Waals surface area contributed by atoms with Crippen molar-refractivity contribution < 1.29 is 19.1 Å². The molecule has 0 unspecified atom stereocenters. The molecular weight excluding hydrogens is 172 g/mol. The van der Waals surface area contributed by atoms with Crippen LogP contribution >= 0.6 is 0 Å². The maximum atomic E-state index is 11.1. The molecule has 1 saturated heterocycles. The summed E-state index contributed by atoms with van der Waals surface area (Å²) in [6, 6.07) is 0. The van der Waals surface area contributed by atoms with Crippen LogP contribution in [0.2, 0.25) is 0 Å².